The highest BCUT2D eigenvalue weighted by Crippen LogP contribution is 2.09. The van der Waals surface area contributed by atoms with Crippen molar-refractivity contribution in [1.82, 2.24) is 10.6 Å². The number of aryl methyl sites for hydroxylation is 1. The molecular weight excluding hydrogens is 243 g/mol. The second-order valence-electron chi connectivity index (χ2n) is 3.57. The maximum atomic E-state index is 13.0. The monoisotopic (exact) mass is 260 g/mol. The number of hydrogen-bond acceptors (Lipinski definition) is 2. The van der Waals surface area contributed by atoms with Crippen molar-refractivity contribution >= 4 is 18.3 Å². The predicted molar refractivity (Wildman–Crippen MR) is 69.3 cm³/mol. The fraction of sp³-hybridized carbons (Fsp3) is 0.417. The highest BCUT2D eigenvalue weighted by Gasteiger charge is 2.08. The van der Waals surface area contributed by atoms with Crippen LogP contribution in [0, 0.1) is 12.7 Å². The minimum absolute atomic E-state index is 0. The summed E-state index contributed by atoms with van der Waals surface area (Å²) in [5.41, 5.74) is 1.18. The number of rotatable bonds is 5. The maximum absolute atomic E-state index is 13.0. The summed E-state index contributed by atoms with van der Waals surface area (Å²) >= 11 is 0. The summed E-state index contributed by atoms with van der Waals surface area (Å²) in [7, 11) is 0. The summed E-state index contributed by atoms with van der Waals surface area (Å²) < 4.78 is 13.0. The molecule has 0 unspecified atom stereocenters. The standard InChI is InChI=1S/C12H17FN2O.ClH/c1-3-14-6-7-15-12(16)11-8-10(13)5-4-9(11)2;/h4-5,8,14H,3,6-7H2,1-2H3,(H,15,16);1H. The number of benzene rings is 1. The molecule has 0 spiro atoms. The van der Waals surface area contributed by atoms with E-state index in [0.29, 0.717) is 12.1 Å². The molecule has 0 aliphatic heterocycles. The van der Waals surface area contributed by atoms with Gasteiger partial charge in [-0.2, -0.15) is 0 Å². The number of carbonyl (C=O) groups is 1. The lowest BCUT2D eigenvalue weighted by Gasteiger charge is -2.07. The van der Waals surface area contributed by atoms with Crippen molar-refractivity contribution in [2.45, 2.75) is 13.8 Å². The van der Waals surface area contributed by atoms with E-state index < -0.39 is 0 Å². The molecule has 1 aromatic rings. The van der Waals surface area contributed by atoms with Gasteiger partial charge in [0.15, 0.2) is 0 Å². The van der Waals surface area contributed by atoms with Crippen LogP contribution in [0.15, 0.2) is 18.2 Å². The molecular formula is C12H18ClFN2O. The molecule has 96 valence electrons. The Hall–Kier alpha value is -1.13. The second-order valence-corrected chi connectivity index (χ2v) is 3.57. The maximum Gasteiger partial charge on any atom is 0.251 e. The van der Waals surface area contributed by atoms with Crippen molar-refractivity contribution in [2.24, 2.45) is 0 Å². The molecule has 17 heavy (non-hydrogen) atoms. The molecule has 5 heteroatoms. The van der Waals surface area contributed by atoms with Gasteiger partial charge in [-0.05, 0) is 31.2 Å². The first-order valence-electron chi connectivity index (χ1n) is 5.40. The van der Waals surface area contributed by atoms with Crippen molar-refractivity contribution in [3.8, 4) is 0 Å². The minimum atomic E-state index is -0.387. The second kappa shape index (κ2) is 8.03. The van der Waals surface area contributed by atoms with Crippen LogP contribution in [0.4, 0.5) is 4.39 Å². The lowest BCUT2D eigenvalue weighted by molar-refractivity contribution is 0.0953. The van der Waals surface area contributed by atoms with Crippen LogP contribution in [-0.4, -0.2) is 25.5 Å². The van der Waals surface area contributed by atoms with E-state index in [1.54, 1.807) is 13.0 Å². The van der Waals surface area contributed by atoms with Crippen LogP contribution < -0.4 is 10.6 Å². The highest BCUT2D eigenvalue weighted by molar-refractivity contribution is 5.95. The Morgan fingerprint density at radius 2 is 2.06 bits per heavy atom. The number of hydrogen-bond donors (Lipinski definition) is 2. The van der Waals surface area contributed by atoms with Crippen LogP contribution in [0.2, 0.25) is 0 Å². The number of carbonyl (C=O) groups excluding carboxylic acids is 1. The number of amides is 1. The van der Waals surface area contributed by atoms with Crippen molar-refractivity contribution in [3.63, 3.8) is 0 Å². The number of likely N-dealkylation sites (N-methyl/N-ethyl adjacent to an activating group) is 1. The Kier molecular flexibility index (Phi) is 7.50. The third-order valence-electron chi connectivity index (χ3n) is 2.28. The summed E-state index contributed by atoms with van der Waals surface area (Å²) in [6, 6.07) is 4.22. The normalized spacial score (nSPS) is 9.59. The first kappa shape index (κ1) is 15.9. The molecule has 0 saturated carbocycles. The van der Waals surface area contributed by atoms with E-state index in [9.17, 15) is 9.18 Å². The van der Waals surface area contributed by atoms with Crippen LogP contribution in [0.1, 0.15) is 22.8 Å². The summed E-state index contributed by atoms with van der Waals surface area (Å²) in [5.74, 6) is -0.614. The number of halogens is 2. The van der Waals surface area contributed by atoms with Gasteiger partial charge in [-0.15, -0.1) is 12.4 Å². The predicted octanol–water partition coefficient (Wildman–Crippen LogP) is 1.90. The zero-order valence-corrected chi connectivity index (χ0v) is 10.9. The Bertz CT molecular complexity index is 372. The van der Waals surface area contributed by atoms with E-state index >= 15 is 0 Å². The molecule has 0 bridgehead atoms. The van der Waals surface area contributed by atoms with Crippen LogP contribution in [0.25, 0.3) is 0 Å². The molecule has 0 aliphatic rings. The van der Waals surface area contributed by atoms with E-state index in [4.69, 9.17) is 0 Å². The molecule has 0 heterocycles. The average Bonchev–Trinajstić information content (AvgIpc) is 2.27. The van der Waals surface area contributed by atoms with E-state index in [2.05, 4.69) is 10.6 Å². The van der Waals surface area contributed by atoms with Crippen LogP contribution in [0.5, 0.6) is 0 Å². The molecule has 0 saturated heterocycles. The zero-order chi connectivity index (χ0) is 12.0. The van der Waals surface area contributed by atoms with Gasteiger partial charge in [0.1, 0.15) is 5.82 Å². The van der Waals surface area contributed by atoms with Crippen molar-refractivity contribution in [1.29, 1.82) is 0 Å². The van der Waals surface area contributed by atoms with Gasteiger partial charge in [0.05, 0.1) is 0 Å². The van der Waals surface area contributed by atoms with Crippen LogP contribution >= 0.6 is 12.4 Å². The van der Waals surface area contributed by atoms with Gasteiger partial charge in [0.25, 0.3) is 5.91 Å². The van der Waals surface area contributed by atoms with Gasteiger partial charge in [-0.25, -0.2) is 4.39 Å². The molecule has 3 nitrogen and oxygen atoms in total. The van der Waals surface area contributed by atoms with Crippen molar-refractivity contribution in [3.05, 3.63) is 35.1 Å². The Morgan fingerprint density at radius 1 is 1.35 bits per heavy atom. The van der Waals surface area contributed by atoms with Crippen molar-refractivity contribution in [2.75, 3.05) is 19.6 Å². The van der Waals surface area contributed by atoms with Gasteiger partial charge in [-0.1, -0.05) is 13.0 Å². The Morgan fingerprint density at radius 3 is 2.71 bits per heavy atom. The lowest BCUT2D eigenvalue weighted by Crippen LogP contribution is -2.32. The SMILES string of the molecule is CCNCCNC(=O)c1cc(F)ccc1C.Cl. The van der Waals surface area contributed by atoms with E-state index in [1.165, 1.54) is 12.1 Å². The van der Waals surface area contributed by atoms with Gasteiger partial charge in [0, 0.05) is 18.7 Å². The fourth-order valence-electron chi connectivity index (χ4n) is 1.38. The van der Waals surface area contributed by atoms with Gasteiger partial charge >= 0.3 is 0 Å². The van der Waals surface area contributed by atoms with Gasteiger partial charge in [-0.3, -0.25) is 4.79 Å². The lowest BCUT2D eigenvalue weighted by atomic mass is 10.1. The van der Waals surface area contributed by atoms with E-state index in [0.717, 1.165) is 18.7 Å². The largest absolute Gasteiger partial charge is 0.351 e. The fourth-order valence-corrected chi connectivity index (χ4v) is 1.38. The molecule has 0 fully saturated rings. The third-order valence-corrected chi connectivity index (χ3v) is 2.28. The first-order valence-corrected chi connectivity index (χ1v) is 5.40. The summed E-state index contributed by atoms with van der Waals surface area (Å²) in [6.07, 6.45) is 0. The summed E-state index contributed by atoms with van der Waals surface area (Å²) in [5, 5.41) is 5.83. The van der Waals surface area contributed by atoms with Crippen LogP contribution in [0.3, 0.4) is 0 Å². The average molecular weight is 261 g/mol. The topological polar surface area (TPSA) is 41.1 Å². The molecule has 1 amide bonds. The third kappa shape index (κ3) is 5.15. The van der Waals surface area contributed by atoms with Gasteiger partial charge < -0.3 is 10.6 Å². The Labute approximate surface area is 107 Å². The summed E-state index contributed by atoms with van der Waals surface area (Å²) in [4.78, 5) is 11.7. The summed E-state index contributed by atoms with van der Waals surface area (Å²) in [6.45, 7) is 5.92. The molecule has 0 aliphatic carbocycles. The molecule has 0 aromatic heterocycles. The first-order chi connectivity index (χ1) is 7.65. The van der Waals surface area contributed by atoms with Crippen molar-refractivity contribution < 1.29 is 9.18 Å². The number of nitrogens with one attached hydrogen (secondary N) is 2. The minimum Gasteiger partial charge on any atom is -0.351 e. The quantitative estimate of drug-likeness (QED) is 0.794. The van der Waals surface area contributed by atoms with E-state index in [-0.39, 0.29) is 24.1 Å². The molecule has 0 atom stereocenters. The highest BCUT2D eigenvalue weighted by atomic mass is 35.5. The molecule has 2 N–H and O–H groups in total. The molecule has 1 aromatic carbocycles. The smallest absolute Gasteiger partial charge is 0.251 e. The van der Waals surface area contributed by atoms with Gasteiger partial charge in [0.2, 0.25) is 0 Å². The Balaban J connectivity index is 0.00000256. The van der Waals surface area contributed by atoms with E-state index in [1.807, 2.05) is 6.92 Å². The van der Waals surface area contributed by atoms with Crippen LogP contribution in [-0.2, 0) is 0 Å². The molecule has 0 radical (unpaired) electrons. The zero-order valence-electron chi connectivity index (χ0n) is 10.0. The molecule has 1 rings (SSSR count).